The number of nitrogens with one attached hydrogen (secondary N) is 1. The molecular formula is C18H28BrN3O. The highest BCUT2D eigenvalue weighted by Gasteiger charge is 2.31. The van der Waals surface area contributed by atoms with E-state index < -0.39 is 5.54 Å². The maximum absolute atomic E-state index is 12.5. The van der Waals surface area contributed by atoms with Gasteiger partial charge in [-0.25, -0.2) is 0 Å². The highest BCUT2D eigenvalue weighted by atomic mass is 79.9. The van der Waals surface area contributed by atoms with Gasteiger partial charge in [-0.15, -0.1) is 0 Å². The molecule has 1 saturated heterocycles. The van der Waals surface area contributed by atoms with Crippen LogP contribution in [0.2, 0.25) is 0 Å². The Bertz CT molecular complexity index is 508. The fourth-order valence-electron chi connectivity index (χ4n) is 3.08. The summed E-state index contributed by atoms with van der Waals surface area (Å²) in [5.41, 5.74) is 6.11. The third kappa shape index (κ3) is 5.03. The first-order valence-electron chi connectivity index (χ1n) is 8.49. The van der Waals surface area contributed by atoms with Crippen LogP contribution in [-0.4, -0.2) is 37.0 Å². The average Bonchev–Trinajstić information content (AvgIpc) is 2.54. The lowest BCUT2D eigenvalue weighted by Gasteiger charge is -2.32. The second kappa shape index (κ2) is 8.27. The van der Waals surface area contributed by atoms with E-state index in [1.54, 1.807) is 6.92 Å². The van der Waals surface area contributed by atoms with E-state index in [0.29, 0.717) is 5.92 Å². The van der Waals surface area contributed by atoms with Crippen LogP contribution in [-0.2, 0) is 10.3 Å². The Labute approximate surface area is 147 Å². The molecule has 1 amide bonds. The van der Waals surface area contributed by atoms with Crippen molar-refractivity contribution < 1.29 is 4.79 Å². The maximum Gasteiger partial charge on any atom is 0.244 e. The highest BCUT2D eigenvalue weighted by molar-refractivity contribution is 9.10. The van der Waals surface area contributed by atoms with Crippen LogP contribution < -0.4 is 11.1 Å². The molecule has 1 aromatic rings. The molecule has 128 valence electrons. The summed E-state index contributed by atoms with van der Waals surface area (Å²) >= 11 is 3.40. The first kappa shape index (κ1) is 18.4. The summed E-state index contributed by atoms with van der Waals surface area (Å²) in [5.74, 6) is 0.462. The van der Waals surface area contributed by atoms with Gasteiger partial charge in [0.1, 0.15) is 5.54 Å². The SMILES string of the molecule is CCCN1CCC(CNC(=O)C(C)(N)c2ccc(Br)cc2)CC1. The Hall–Kier alpha value is -0.910. The van der Waals surface area contributed by atoms with Crippen molar-refractivity contribution >= 4 is 21.8 Å². The van der Waals surface area contributed by atoms with Crippen LogP contribution in [0.5, 0.6) is 0 Å². The molecule has 0 radical (unpaired) electrons. The summed E-state index contributed by atoms with van der Waals surface area (Å²) in [5, 5.41) is 3.06. The van der Waals surface area contributed by atoms with Crippen molar-refractivity contribution in [1.82, 2.24) is 10.2 Å². The van der Waals surface area contributed by atoms with Gasteiger partial charge in [-0.3, -0.25) is 4.79 Å². The van der Waals surface area contributed by atoms with Crippen molar-refractivity contribution in [3.63, 3.8) is 0 Å². The van der Waals surface area contributed by atoms with Crippen LogP contribution in [0, 0.1) is 5.92 Å². The summed E-state index contributed by atoms with van der Waals surface area (Å²) in [6.07, 6.45) is 3.51. The van der Waals surface area contributed by atoms with Crippen LogP contribution in [0.3, 0.4) is 0 Å². The summed E-state index contributed by atoms with van der Waals surface area (Å²) in [4.78, 5) is 15.0. The van der Waals surface area contributed by atoms with Crippen molar-refractivity contribution in [2.45, 2.75) is 38.6 Å². The Balaban J connectivity index is 1.83. The monoisotopic (exact) mass is 381 g/mol. The molecule has 5 heteroatoms. The van der Waals surface area contributed by atoms with Gasteiger partial charge in [0, 0.05) is 11.0 Å². The lowest BCUT2D eigenvalue weighted by Crippen LogP contribution is -2.50. The van der Waals surface area contributed by atoms with Crippen molar-refractivity contribution in [2.75, 3.05) is 26.2 Å². The minimum atomic E-state index is -0.996. The molecule has 1 atom stereocenters. The number of nitrogens with zero attached hydrogens (tertiary/aromatic N) is 1. The molecule has 1 aliphatic heterocycles. The van der Waals surface area contributed by atoms with E-state index >= 15 is 0 Å². The zero-order chi connectivity index (χ0) is 16.9. The molecule has 23 heavy (non-hydrogen) atoms. The minimum Gasteiger partial charge on any atom is -0.354 e. The van der Waals surface area contributed by atoms with Crippen molar-refractivity contribution in [3.8, 4) is 0 Å². The molecule has 3 N–H and O–H groups in total. The number of amides is 1. The zero-order valence-electron chi connectivity index (χ0n) is 14.1. The quantitative estimate of drug-likeness (QED) is 0.796. The molecule has 0 aromatic heterocycles. The number of piperidine rings is 1. The first-order chi connectivity index (χ1) is 10.9. The predicted octanol–water partition coefficient (Wildman–Crippen LogP) is 2.86. The van der Waals surface area contributed by atoms with E-state index in [2.05, 4.69) is 33.1 Å². The summed E-state index contributed by atoms with van der Waals surface area (Å²) in [6.45, 7) is 8.18. The molecule has 4 nitrogen and oxygen atoms in total. The van der Waals surface area contributed by atoms with E-state index in [0.717, 1.165) is 42.5 Å². The molecule has 1 unspecified atom stereocenters. The van der Waals surface area contributed by atoms with Gasteiger partial charge in [0.2, 0.25) is 5.91 Å². The first-order valence-corrected chi connectivity index (χ1v) is 9.28. The van der Waals surface area contributed by atoms with Gasteiger partial charge in [-0.2, -0.15) is 0 Å². The van der Waals surface area contributed by atoms with Crippen LogP contribution in [0.1, 0.15) is 38.7 Å². The standard InChI is InChI=1S/C18H28BrN3O/c1-3-10-22-11-8-14(9-12-22)13-21-17(23)18(2,20)15-4-6-16(19)7-5-15/h4-7,14H,3,8-13,20H2,1-2H3,(H,21,23). The van der Waals surface area contributed by atoms with Gasteiger partial charge in [0.25, 0.3) is 0 Å². The van der Waals surface area contributed by atoms with Gasteiger partial charge in [0.15, 0.2) is 0 Å². The molecule has 1 heterocycles. The van der Waals surface area contributed by atoms with E-state index in [1.807, 2.05) is 24.3 Å². The van der Waals surface area contributed by atoms with E-state index in [9.17, 15) is 4.79 Å². The number of carbonyl (C=O) groups excluding carboxylic acids is 1. The van der Waals surface area contributed by atoms with Gasteiger partial charge in [-0.1, -0.05) is 35.0 Å². The molecule has 1 aromatic carbocycles. The molecule has 0 spiro atoms. The number of rotatable bonds is 6. The number of benzene rings is 1. The fourth-order valence-corrected chi connectivity index (χ4v) is 3.34. The molecule has 0 bridgehead atoms. The van der Waals surface area contributed by atoms with Gasteiger partial charge in [-0.05, 0) is 69.4 Å². The van der Waals surface area contributed by atoms with Gasteiger partial charge in [0.05, 0.1) is 0 Å². The van der Waals surface area contributed by atoms with E-state index in [1.165, 1.54) is 13.0 Å². The summed E-state index contributed by atoms with van der Waals surface area (Å²) in [6, 6.07) is 7.62. The highest BCUT2D eigenvalue weighted by Crippen LogP contribution is 2.21. The topological polar surface area (TPSA) is 58.4 Å². The summed E-state index contributed by atoms with van der Waals surface area (Å²) in [7, 11) is 0. The Morgan fingerprint density at radius 3 is 2.52 bits per heavy atom. The fraction of sp³-hybridized carbons (Fsp3) is 0.611. The van der Waals surface area contributed by atoms with Crippen molar-refractivity contribution in [2.24, 2.45) is 11.7 Å². The molecule has 1 aliphatic rings. The second-order valence-corrected chi connectivity index (χ2v) is 7.62. The number of halogens is 1. The third-order valence-corrected chi connectivity index (χ3v) is 5.24. The molecule has 2 rings (SSSR count). The smallest absolute Gasteiger partial charge is 0.244 e. The zero-order valence-corrected chi connectivity index (χ0v) is 15.7. The van der Waals surface area contributed by atoms with Crippen molar-refractivity contribution in [3.05, 3.63) is 34.3 Å². The lowest BCUT2D eigenvalue weighted by molar-refractivity contribution is -0.126. The van der Waals surface area contributed by atoms with Crippen LogP contribution in [0.15, 0.2) is 28.7 Å². The average molecular weight is 382 g/mol. The van der Waals surface area contributed by atoms with E-state index in [4.69, 9.17) is 5.73 Å². The number of hydrogen-bond donors (Lipinski definition) is 2. The van der Waals surface area contributed by atoms with E-state index in [-0.39, 0.29) is 5.91 Å². The summed E-state index contributed by atoms with van der Waals surface area (Å²) < 4.78 is 0.983. The number of nitrogens with two attached hydrogens (primary N) is 1. The largest absolute Gasteiger partial charge is 0.354 e. The van der Waals surface area contributed by atoms with Crippen LogP contribution in [0.4, 0.5) is 0 Å². The third-order valence-electron chi connectivity index (χ3n) is 4.71. The van der Waals surface area contributed by atoms with Crippen molar-refractivity contribution in [1.29, 1.82) is 0 Å². The normalized spacial score (nSPS) is 19.3. The number of hydrogen-bond acceptors (Lipinski definition) is 3. The number of likely N-dealkylation sites (tertiary alicyclic amines) is 1. The number of carbonyl (C=O) groups is 1. The molecule has 1 fully saturated rings. The minimum absolute atomic E-state index is 0.101. The van der Waals surface area contributed by atoms with Gasteiger partial charge >= 0.3 is 0 Å². The second-order valence-electron chi connectivity index (χ2n) is 6.70. The van der Waals surface area contributed by atoms with Crippen LogP contribution in [0.25, 0.3) is 0 Å². The Kier molecular flexibility index (Phi) is 6.62. The molecule has 0 aliphatic carbocycles. The Morgan fingerprint density at radius 2 is 1.96 bits per heavy atom. The Morgan fingerprint density at radius 1 is 1.35 bits per heavy atom. The molecule has 0 saturated carbocycles. The van der Waals surface area contributed by atoms with Crippen LogP contribution >= 0.6 is 15.9 Å². The lowest BCUT2D eigenvalue weighted by atomic mass is 9.91. The molecular weight excluding hydrogens is 354 g/mol. The van der Waals surface area contributed by atoms with Gasteiger partial charge < -0.3 is 16.0 Å². The maximum atomic E-state index is 12.5. The predicted molar refractivity (Wildman–Crippen MR) is 98.1 cm³/mol.